The van der Waals surface area contributed by atoms with Crippen molar-refractivity contribution < 1.29 is 14.5 Å². The first-order valence-corrected chi connectivity index (χ1v) is 7.90. The maximum absolute atomic E-state index is 12.5. The van der Waals surface area contributed by atoms with E-state index in [1.807, 2.05) is 0 Å². The number of benzene rings is 2. The first-order chi connectivity index (χ1) is 13.0. The number of anilines is 1. The standard InChI is InChI=1S/C18H15N5O4/c1-19-17(24)12-3-2-4-14(9-12)21-18(25)13-5-6-15(16(10-13)23(26)27)22-8-7-20-11-22/h2-11H,1H3,(H,19,24)(H,21,25). The summed E-state index contributed by atoms with van der Waals surface area (Å²) >= 11 is 0. The predicted octanol–water partition coefficient (Wildman–Crippen LogP) is 2.39. The van der Waals surface area contributed by atoms with Crippen molar-refractivity contribution in [2.75, 3.05) is 12.4 Å². The number of carbonyl (C=O) groups is 2. The largest absolute Gasteiger partial charge is 0.355 e. The van der Waals surface area contributed by atoms with Gasteiger partial charge in [-0.25, -0.2) is 4.98 Å². The Balaban J connectivity index is 1.88. The van der Waals surface area contributed by atoms with Crippen molar-refractivity contribution in [2.24, 2.45) is 0 Å². The maximum atomic E-state index is 12.5. The molecule has 136 valence electrons. The number of nitro benzene ring substituents is 1. The molecule has 9 nitrogen and oxygen atoms in total. The Hall–Kier alpha value is -4.01. The van der Waals surface area contributed by atoms with Gasteiger partial charge in [0, 0.05) is 42.3 Å². The first-order valence-electron chi connectivity index (χ1n) is 7.90. The van der Waals surface area contributed by atoms with Gasteiger partial charge >= 0.3 is 0 Å². The molecule has 0 aliphatic rings. The fourth-order valence-electron chi connectivity index (χ4n) is 2.52. The van der Waals surface area contributed by atoms with Crippen molar-refractivity contribution in [3.05, 3.63) is 82.4 Å². The van der Waals surface area contributed by atoms with Crippen LogP contribution in [0.5, 0.6) is 0 Å². The summed E-state index contributed by atoms with van der Waals surface area (Å²) in [5, 5.41) is 16.5. The number of amides is 2. The Morgan fingerprint density at radius 3 is 2.56 bits per heavy atom. The van der Waals surface area contributed by atoms with Crippen LogP contribution in [0.4, 0.5) is 11.4 Å². The average molecular weight is 365 g/mol. The van der Waals surface area contributed by atoms with Crippen molar-refractivity contribution >= 4 is 23.2 Å². The number of imidazole rings is 1. The summed E-state index contributed by atoms with van der Waals surface area (Å²) in [6, 6.07) is 10.6. The van der Waals surface area contributed by atoms with Gasteiger partial charge in [-0.15, -0.1) is 0 Å². The minimum atomic E-state index is -0.557. The SMILES string of the molecule is CNC(=O)c1cccc(NC(=O)c2ccc(-n3ccnc3)c([N+](=O)[O-])c2)c1. The maximum Gasteiger partial charge on any atom is 0.294 e. The summed E-state index contributed by atoms with van der Waals surface area (Å²) in [6.45, 7) is 0. The predicted molar refractivity (Wildman–Crippen MR) is 98.0 cm³/mol. The van der Waals surface area contributed by atoms with Crippen LogP contribution in [0.25, 0.3) is 5.69 Å². The molecule has 0 fully saturated rings. The smallest absolute Gasteiger partial charge is 0.294 e. The molecule has 2 amide bonds. The zero-order valence-corrected chi connectivity index (χ0v) is 14.2. The van der Waals surface area contributed by atoms with Gasteiger partial charge < -0.3 is 15.2 Å². The van der Waals surface area contributed by atoms with E-state index in [2.05, 4.69) is 15.6 Å². The van der Waals surface area contributed by atoms with Crippen molar-refractivity contribution in [1.29, 1.82) is 0 Å². The third kappa shape index (κ3) is 3.82. The van der Waals surface area contributed by atoms with Gasteiger partial charge in [-0.05, 0) is 30.3 Å². The van der Waals surface area contributed by atoms with Crippen LogP contribution in [0, 0.1) is 10.1 Å². The third-order valence-electron chi connectivity index (χ3n) is 3.83. The molecule has 2 aromatic carbocycles. The molecular weight excluding hydrogens is 350 g/mol. The van der Waals surface area contributed by atoms with Gasteiger partial charge in [0.1, 0.15) is 5.69 Å². The summed E-state index contributed by atoms with van der Waals surface area (Å²) in [5.41, 5.74) is 0.991. The highest BCUT2D eigenvalue weighted by Gasteiger charge is 2.19. The summed E-state index contributed by atoms with van der Waals surface area (Å²) in [6.07, 6.45) is 4.52. The van der Waals surface area contributed by atoms with Crippen LogP contribution in [0.2, 0.25) is 0 Å². The third-order valence-corrected chi connectivity index (χ3v) is 3.83. The van der Waals surface area contributed by atoms with Crippen LogP contribution in [-0.2, 0) is 0 Å². The van der Waals surface area contributed by atoms with E-state index in [1.54, 1.807) is 24.4 Å². The molecule has 0 unspecified atom stereocenters. The number of hydrogen-bond donors (Lipinski definition) is 2. The summed E-state index contributed by atoms with van der Waals surface area (Å²) in [4.78, 5) is 38.9. The highest BCUT2D eigenvalue weighted by atomic mass is 16.6. The van der Waals surface area contributed by atoms with Gasteiger partial charge in [0.15, 0.2) is 0 Å². The van der Waals surface area contributed by atoms with E-state index >= 15 is 0 Å². The zero-order valence-electron chi connectivity index (χ0n) is 14.2. The molecule has 0 aliphatic heterocycles. The van der Waals surface area contributed by atoms with Gasteiger partial charge in [0.2, 0.25) is 0 Å². The number of hydrogen-bond acceptors (Lipinski definition) is 5. The molecule has 0 saturated heterocycles. The van der Waals surface area contributed by atoms with Gasteiger partial charge in [-0.1, -0.05) is 6.07 Å². The van der Waals surface area contributed by atoms with Crippen molar-refractivity contribution in [1.82, 2.24) is 14.9 Å². The number of nitro groups is 1. The molecular formula is C18H15N5O4. The van der Waals surface area contributed by atoms with Crippen molar-refractivity contribution in [3.63, 3.8) is 0 Å². The number of nitrogens with zero attached hydrogens (tertiary/aromatic N) is 3. The summed E-state index contributed by atoms with van der Waals surface area (Å²) < 4.78 is 1.49. The molecule has 3 rings (SSSR count). The quantitative estimate of drug-likeness (QED) is 0.531. The second kappa shape index (κ2) is 7.48. The van der Waals surface area contributed by atoms with E-state index in [0.29, 0.717) is 16.9 Å². The molecule has 9 heteroatoms. The number of nitrogens with one attached hydrogen (secondary N) is 2. The molecule has 0 atom stereocenters. The molecule has 27 heavy (non-hydrogen) atoms. The molecule has 1 heterocycles. The highest BCUT2D eigenvalue weighted by molar-refractivity contribution is 6.05. The van der Waals surface area contributed by atoms with E-state index in [-0.39, 0.29) is 17.2 Å². The summed E-state index contributed by atoms with van der Waals surface area (Å²) in [5.74, 6) is -0.809. The topological polar surface area (TPSA) is 119 Å². The van der Waals surface area contributed by atoms with E-state index in [4.69, 9.17) is 0 Å². The van der Waals surface area contributed by atoms with Crippen LogP contribution < -0.4 is 10.6 Å². The second-order valence-electron chi connectivity index (χ2n) is 5.54. The highest BCUT2D eigenvalue weighted by Crippen LogP contribution is 2.24. The monoisotopic (exact) mass is 365 g/mol. The molecule has 0 radical (unpaired) electrons. The van der Waals surface area contributed by atoms with E-state index in [0.717, 1.165) is 0 Å². The lowest BCUT2D eigenvalue weighted by molar-refractivity contribution is -0.384. The second-order valence-corrected chi connectivity index (χ2v) is 5.54. The lowest BCUT2D eigenvalue weighted by Gasteiger charge is -2.09. The van der Waals surface area contributed by atoms with Gasteiger partial charge in [0.25, 0.3) is 17.5 Å². The van der Waals surface area contributed by atoms with Crippen LogP contribution >= 0.6 is 0 Å². The average Bonchev–Trinajstić information content (AvgIpc) is 3.21. The minimum Gasteiger partial charge on any atom is -0.355 e. The Bertz CT molecular complexity index is 1010. The molecule has 0 bridgehead atoms. The molecule has 2 N–H and O–H groups in total. The van der Waals surface area contributed by atoms with Gasteiger partial charge in [-0.3, -0.25) is 19.7 Å². The van der Waals surface area contributed by atoms with Crippen LogP contribution in [0.15, 0.2) is 61.2 Å². The van der Waals surface area contributed by atoms with Gasteiger partial charge in [-0.2, -0.15) is 0 Å². The van der Waals surface area contributed by atoms with Crippen molar-refractivity contribution in [3.8, 4) is 5.69 Å². The number of rotatable bonds is 5. The Kier molecular flexibility index (Phi) is 4.93. The molecule has 0 saturated carbocycles. The molecule has 0 spiro atoms. The van der Waals surface area contributed by atoms with Crippen LogP contribution in [0.1, 0.15) is 20.7 Å². The molecule has 3 aromatic rings. The number of carbonyl (C=O) groups excluding carboxylic acids is 2. The normalized spacial score (nSPS) is 10.3. The van der Waals surface area contributed by atoms with Crippen molar-refractivity contribution in [2.45, 2.75) is 0 Å². The fourth-order valence-corrected chi connectivity index (χ4v) is 2.52. The summed E-state index contributed by atoms with van der Waals surface area (Å²) in [7, 11) is 1.51. The molecule has 0 aliphatic carbocycles. The lowest BCUT2D eigenvalue weighted by Crippen LogP contribution is -2.18. The Morgan fingerprint density at radius 2 is 1.89 bits per heavy atom. The van der Waals surface area contributed by atoms with E-state index in [9.17, 15) is 19.7 Å². The zero-order chi connectivity index (χ0) is 19.4. The lowest BCUT2D eigenvalue weighted by atomic mass is 10.1. The van der Waals surface area contributed by atoms with E-state index in [1.165, 1.54) is 48.4 Å². The van der Waals surface area contributed by atoms with E-state index < -0.39 is 10.8 Å². The Morgan fingerprint density at radius 1 is 1.11 bits per heavy atom. The molecule has 1 aromatic heterocycles. The number of aromatic nitrogens is 2. The first kappa shape index (κ1) is 17.8. The Labute approximate surface area is 153 Å². The van der Waals surface area contributed by atoms with Gasteiger partial charge in [0.05, 0.1) is 11.3 Å². The van der Waals surface area contributed by atoms with Crippen LogP contribution in [0.3, 0.4) is 0 Å². The van der Waals surface area contributed by atoms with Crippen LogP contribution in [-0.4, -0.2) is 33.3 Å². The fraction of sp³-hybridized carbons (Fsp3) is 0.0556. The minimum absolute atomic E-state index is 0.121.